The van der Waals surface area contributed by atoms with Crippen molar-refractivity contribution in [3.63, 3.8) is 0 Å². The molecule has 1 N–H and O–H groups in total. The maximum absolute atomic E-state index is 12.3. The number of nitrogens with one attached hydrogen (secondary N) is 1. The molecule has 2 aromatic rings. The van der Waals surface area contributed by atoms with Gasteiger partial charge >= 0.3 is 0 Å². The summed E-state index contributed by atoms with van der Waals surface area (Å²) in [4.78, 5) is 16.2. The van der Waals surface area contributed by atoms with E-state index >= 15 is 0 Å². The van der Waals surface area contributed by atoms with Crippen LogP contribution in [0.25, 0.3) is 0 Å². The second-order valence-electron chi connectivity index (χ2n) is 4.81. The maximum atomic E-state index is 12.3. The van der Waals surface area contributed by atoms with E-state index in [-0.39, 0.29) is 23.2 Å². The number of amides is 1. The van der Waals surface area contributed by atoms with Crippen molar-refractivity contribution in [1.82, 2.24) is 10.3 Å². The van der Waals surface area contributed by atoms with Crippen LogP contribution in [0.5, 0.6) is 0 Å². The Hall–Kier alpha value is -1.62. The Morgan fingerprint density at radius 1 is 1.23 bits per heavy atom. The first-order valence-electron chi connectivity index (χ1n) is 6.72. The highest BCUT2D eigenvalue weighted by molar-refractivity contribution is 6.32. The van der Waals surface area contributed by atoms with Crippen LogP contribution < -0.4 is 5.32 Å². The van der Waals surface area contributed by atoms with Crippen LogP contribution in [0.3, 0.4) is 0 Å². The molecule has 0 aliphatic carbocycles. The van der Waals surface area contributed by atoms with Gasteiger partial charge in [0.15, 0.2) is 0 Å². The number of benzene rings is 1. The van der Waals surface area contributed by atoms with Crippen LogP contribution in [0.4, 0.5) is 0 Å². The first-order valence-corrected chi connectivity index (χ1v) is 7.48. The Bertz CT molecular complexity index is 647. The van der Waals surface area contributed by atoms with Crippen molar-refractivity contribution in [3.05, 3.63) is 63.9 Å². The summed E-state index contributed by atoms with van der Waals surface area (Å²) in [5.41, 5.74) is 1.26. The molecule has 116 valence electrons. The van der Waals surface area contributed by atoms with Crippen LogP contribution in [0.2, 0.25) is 10.2 Å². The Morgan fingerprint density at radius 2 is 1.91 bits per heavy atom. The second kappa shape index (κ2) is 7.58. The molecule has 1 aromatic heterocycles. The number of halogens is 2. The molecule has 1 heterocycles. The Kier molecular flexibility index (Phi) is 5.77. The average molecular weight is 339 g/mol. The third-order valence-electron chi connectivity index (χ3n) is 3.27. The molecule has 0 fully saturated rings. The fourth-order valence-corrected chi connectivity index (χ4v) is 2.53. The minimum atomic E-state index is -0.295. The van der Waals surface area contributed by atoms with Crippen molar-refractivity contribution in [2.75, 3.05) is 7.11 Å². The number of methoxy groups -OCH3 is 1. The van der Waals surface area contributed by atoms with E-state index in [0.717, 1.165) is 5.56 Å². The van der Waals surface area contributed by atoms with Gasteiger partial charge in [-0.2, -0.15) is 0 Å². The molecule has 2 rings (SSSR count). The quantitative estimate of drug-likeness (QED) is 0.841. The van der Waals surface area contributed by atoms with Gasteiger partial charge in [-0.15, -0.1) is 0 Å². The minimum absolute atomic E-state index is 0.174. The predicted molar refractivity (Wildman–Crippen MR) is 87.4 cm³/mol. The van der Waals surface area contributed by atoms with Gasteiger partial charge in [0.25, 0.3) is 5.91 Å². The van der Waals surface area contributed by atoms with E-state index in [9.17, 15) is 4.79 Å². The average Bonchev–Trinajstić information content (AvgIpc) is 2.50. The van der Waals surface area contributed by atoms with Crippen molar-refractivity contribution in [3.8, 4) is 0 Å². The smallest absolute Gasteiger partial charge is 0.254 e. The number of carbonyl (C=O) groups excluding carboxylic acids is 1. The molecule has 2 atom stereocenters. The lowest BCUT2D eigenvalue weighted by Gasteiger charge is -2.24. The summed E-state index contributed by atoms with van der Waals surface area (Å²) in [5.74, 6) is -0.290. The van der Waals surface area contributed by atoms with Crippen molar-refractivity contribution >= 4 is 29.1 Å². The Labute approximate surface area is 139 Å². The number of hydrogen-bond donors (Lipinski definition) is 1. The monoisotopic (exact) mass is 338 g/mol. The number of nitrogens with zero attached hydrogens (tertiary/aromatic N) is 1. The van der Waals surface area contributed by atoms with Gasteiger partial charge in [0.1, 0.15) is 11.3 Å². The maximum Gasteiger partial charge on any atom is 0.254 e. The Balaban J connectivity index is 2.12. The van der Waals surface area contributed by atoms with Crippen LogP contribution in [0.1, 0.15) is 28.9 Å². The van der Waals surface area contributed by atoms with E-state index in [2.05, 4.69) is 10.3 Å². The summed E-state index contributed by atoms with van der Waals surface area (Å²) in [6.45, 7) is 1.87. The van der Waals surface area contributed by atoms with Gasteiger partial charge in [-0.1, -0.05) is 35.3 Å². The third-order valence-corrected chi connectivity index (χ3v) is 3.82. The summed E-state index contributed by atoms with van der Waals surface area (Å²) < 4.78 is 5.50. The van der Waals surface area contributed by atoms with Crippen molar-refractivity contribution in [2.45, 2.75) is 19.1 Å². The summed E-state index contributed by atoms with van der Waals surface area (Å²) in [7, 11) is 1.60. The topological polar surface area (TPSA) is 51.2 Å². The molecule has 1 aromatic carbocycles. The molecule has 0 spiro atoms. The number of pyridine rings is 1. The highest BCUT2D eigenvalue weighted by atomic mass is 35.5. The molecule has 0 aliphatic rings. The zero-order valence-electron chi connectivity index (χ0n) is 12.2. The summed E-state index contributed by atoms with van der Waals surface area (Å²) >= 11 is 11.8. The molecule has 6 heteroatoms. The molecule has 0 saturated carbocycles. The van der Waals surface area contributed by atoms with E-state index < -0.39 is 0 Å². The summed E-state index contributed by atoms with van der Waals surface area (Å²) in [5, 5.41) is 3.70. The fourth-order valence-electron chi connectivity index (χ4n) is 2.20. The first-order chi connectivity index (χ1) is 10.5. The fraction of sp³-hybridized carbons (Fsp3) is 0.250. The van der Waals surface area contributed by atoms with Gasteiger partial charge in [-0.25, -0.2) is 4.98 Å². The lowest BCUT2D eigenvalue weighted by atomic mass is 10.0. The van der Waals surface area contributed by atoms with Crippen molar-refractivity contribution in [2.24, 2.45) is 0 Å². The minimum Gasteiger partial charge on any atom is -0.375 e. The van der Waals surface area contributed by atoms with Gasteiger partial charge < -0.3 is 10.1 Å². The standard InChI is InChI=1S/C16H16Cl2N2O2/c1-10(14(22-2)11-5-7-12(17)8-6-11)20-16(21)13-4-3-9-19-15(13)18/h3-10,14H,1-2H3,(H,20,21)/t10-,14-/m0/s1. The number of rotatable bonds is 5. The number of hydrogen-bond acceptors (Lipinski definition) is 3. The lowest BCUT2D eigenvalue weighted by Crippen LogP contribution is -2.38. The molecule has 22 heavy (non-hydrogen) atoms. The molecular formula is C16H16Cl2N2O2. The molecule has 1 amide bonds. The van der Waals surface area contributed by atoms with Gasteiger partial charge in [-0.05, 0) is 36.8 Å². The van der Waals surface area contributed by atoms with E-state index in [1.807, 2.05) is 19.1 Å². The predicted octanol–water partition coefficient (Wildman–Crippen LogP) is 3.89. The van der Waals surface area contributed by atoms with E-state index in [1.54, 1.807) is 31.4 Å². The highest BCUT2D eigenvalue weighted by Crippen LogP contribution is 2.23. The lowest BCUT2D eigenvalue weighted by molar-refractivity contribution is 0.0645. The third kappa shape index (κ3) is 3.97. The van der Waals surface area contributed by atoms with Crippen LogP contribution in [0, 0.1) is 0 Å². The molecular weight excluding hydrogens is 323 g/mol. The van der Waals surface area contributed by atoms with Crippen LogP contribution >= 0.6 is 23.2 Å². The number of aromatic nitrogens is 1. The molecule has 0 radical (unpaired) electrons. The first kappa shape index (κ1) is 16.7. The van der Waals surface area contributed by atoms with Crippen molar-refractivity contribution < 1.29 is 9.53 Å². The zero-order chi connectivity index (χ0) is 16.1. The molecule has 4 nitrogen and oxygen atoms in total. The largest absolute Gasteiger partial charge is 0.375 e. The van der Waals surface area contributed by atoms with E-state index in [1.165, 1.54) is 6.20 Å². The number of ether oxygens (including phenoxy) is 1. The summed E-state index contributed by atoms with van der Waals surface area (Å²) in [6.07, 6.45) is 1.24. The van der Waals surface area contributed by atoms with Gasteiger partial charge in [0.05, 0.1) is 11.6 Å². The molecule has 0 aliphatic heterocycles. The SMILES string of the molecule is CO[C@H](c1ccc(Cl)cc1)[C@H](C)NC(=O)c1cccnc1Cl. The molecule has 0 unspecified atom stereocenters. The Morgan fingerprint density at radius 3 is 2.50 bits per heavy atom. The van der Waals surface area contributed by atoms with Gasteiger partial charge in [-0.3, -0.25) is 4.79 Å². The van der Waals surface area contributed by atoms with Gasteiger partial charge in [0.2, 0.25) is 0 Å². The second-order valence-corrected chi connectivity index (χ2v) is 5.61. The normalized spacial score (nSPS) is 13.5. The molecule has 0 saturated heterocycles. The zero-order valence-corrected chi connectivity index (χ0v) is 13.7. The van der Waals surface area contributed by atoms with Crippen LogP contribution in [-0.4, -0.2) is 24.0 Å². The van der Waals surface area contributed by atoms with Crippen LogP contribution in [0.15, 0.2) is 42.6 Å². The number of carbonyl (C=O) groups is 1. The highest BCUT2D eigenvalue weighted by Gasteiger charge is 2.22. The summed E-state index contributed by atoms with van der Waals surface area (Å²) in [6, 6.07) is 10.4. The molecule has 0 bridgehead atoms. The van der Waals surface area contributed by atoms with Gasteiger partial charge in [0, 0.05) is 18.3 Å². The van der Waals surface area contributed by atoms with E-state index in [4.69, 9.17) is 27.9 Å². The van der Waals surface area contributed by atoms with Crippen LogP contribution in [-0.2, 0) is 4.74 Å². The van der Waals surface area contributed by atoms with Crippen molar-refractivity contribution in [1.29, 1.82) is 0 Å². The van der Waals surface area contributed by atoms with E-state index in [0.29, 0.717) is 10.6 Å².